The molecule has 1 N–H and O–H groups in total. The molecule has 1 aromatic heterocycles. The summed E-state index contributed by atoms with van der Waals surface area (Å²) in [7, 11) is 2.84. The molecule has 4 rings (SSSR count). The van der Waals surface area contributed by atoms with Gasteiger partial charge in [-0.2, -0.15) is 0 Å². The van der Waals surface area contributed by atoms with Crippen LogP contribution >= 0.6 is 22.9 Å². The van der Waals surface area contributed by atoms with Gasteiger partial charge in [0.25, 0.3) is 5.91 Å². The number of amides is 1. The molecule has 3 aromatic rings. The molecule has 1 amide bonds. The van der Waals surface area contributed by atoms with Crippen LogP contribution in [0.1, 0.15) is 36.7 Å². The highest BCUT2D eigenvalue weighted by atomic mass is 35.5. The van der Waals surface area contributed by atoms with Gasteiger partial charge in [-0.1, -0.05) is 41.9 Å². The van der Waals surface area contributed by atoms with Crippen LogP contribution in [0.4, 0.5) is 5.00 Å². The summed E-state index contributed by atoms with van der Waals surface area (Å²) in [5.74, 6) is -0.441. The van der Waals surface area contributed by atoms with E-state index in [1.807, 2.05) is 18.2 Å². The second-order valence-electron chi connectivity index (χ2n) is 7.44. The minimum absolute atomic E-state index is 0.299. The van der Waals surface area contributed by atoms with Crippen molar-refractivity contribution in [2.24, 2.45) is 0 Å². The van der Waals surface area contributed by atoms with Crippen LogP contribution in [0.5, 0.6) is 5.75 Å². The number of carbonyl (C=O) groups excluding carboxylic acids is 2. The Kier molecular flexibility index (Phi) is 6.79. The molecule has 0 aliphatic carbocycles. The lowest BCUT2D eigenvalue weighted by molar-refractivity contribution is 0.0600. The number of benzene rings is 2. The van der Waals surface area contributed by atoms with E-state index in [2.05, 4.69) is 22.3 Å². The van der Waals surface area contributed by atoms with E-state index in [4.69, 9.17) is 21.1 Å². The molecule has 1 aliphatic rings. The Morgan fingerprint density at radius 3 is 2.66 bits per heavy atom. The highest BCUT2D eigenvalue weighted by molar-refractivity contribution is 7.17. The van der Waals surface area contributed by atoms with Crippen LogP contribution in [-0.2, 0) is 24.2 Å². The largest absolute Gasteiger partial charge is 0.496 e. The minimum atomic E-state index is -0.452. The fourth-order valence-corrected chi connectivity index (χ4v) is 5.31. The Labute approximate surface area is 195 Å². The fraction of sp³-hybridized carbons (Fsp3) is 0.250. The summed E-state index contributed by atoms with van der Waals surface area (Å²) in [6, 6.07) is 15.1. The van der Waals surface area contributed by atoms with Gasteiger partial charge >= 0.3 is 5.97 Å². The Balaban J connectivity index is 1.61. The summed E-state index contributed by atoms with van der Waals surface area (Å²) in [5.41, 5.74) is 2.91. The number of nitrogens with zero attached hydrogens (tertiary/aromatic N) is 1. The van der Waals surface area contributed by atoms with Crippen molar-refractivity contribution < 1.29 is 19.1 Å². The van der Waals surface area contributed by atoms with Gasteiger partial charge < -0.3 is 14.8 Å². The molecule has 0 atom stereocenters. The molecule has 8 heteroatoms. The second kappa shape index (κ2) is 9.73. The first-order valence-electron chi connectivity index (χ1n) is 10.1. The van der Waals surface area contributed by atoms with E-state index in [-0.39, 0.29) is 0 Å². The third-order valence-corrected chi connectivity index (χ3v) is 6.77. The minimum Gasteiger partial charge on any atom is -0.496 e. The molecular weight excluding hydrogens is 448 g/mol. The fourth-order valence-electron chi connectivity index (χ4n) is 3.87. The lowest BCUT2D eigenvalue weighted by Gasteiger charge is -2.27. The Hall–Kier alpha value is -2.87. The molecule has 6 nitrogen and oxygen atoms in total. The highest BCUT2D eigenvalue weighted by Gasteiger charge is 2.30. The topological polar surface area (TPSA) is 67.9 Å². The number of anilines is 1. The van der Waals surface area contributed by atoms with E-state index in [9.17, 15) is 9.59 Å². The van der Waals surface area contributed by atoms with Gasteiger partial charge in [-0.25, -0.2) is 4.79 Å². The molecular formula is C24H23ClN2O4S. The number of ether oxygens (including phenoxy) is 2. The Bertz CT molecular complexity index is 1150. The van der Waals surface area contributed by atoms with Gasteiger partial charge in [0.05, 0.1) is 25.3 Å². The number of carbonyl (C=O) groups is 2. The van der Waals surface area contributed by atoms with E-state index in [1.54, 1.807) is 18.2 Å². The van der Waals surface area contributed by atoms with E-state index >= 15 is 0 Å². The predicted octanol–water partition coefficient (Wildman–Crippen LogP) is 5.01. The third kappa shape index (κ3) is 4.65. The Morgan fingerprint density at radius 1 is 1.16 bits per heavy atom. The smallest absolute Gasteiger partial charge is 0.341 e. The van der Waals surface area contributed by atoms with Gasteiger partial charge in [0, 0.05) is 29.5 Å². The number of nitrogens with one attached hydrogen (secondary N) is 1. The van der Waals surface area contributed by atoms with Crippen molar-refractivity contribution >= 4 is 39.8 Å². The number of hydrogen-bond donors (Lipinski definition) is 1. The molecule has 0 saturated heterocycles. The van der Waals surface area contributed by atoms with Gasteiger partial charge in [0.1, 0.15) is 10.8 Å². The molecule has 0 spiro atoms. The zero-order valence-corrected chi connectivity index (χ0v) is 19.4. The number of hydrogen-bond acceptors (Lipinski definition) is 6. The van der Waals surface area contributed by atoms with E-state index in [1.165, 1.54) is 31.1 Å². The van der Waals surface area contributed by atoms with Crippen molar-refractivity contribution in [2.45, 2.75) is 19.5 Å². The zero-order chi connectivity index (χ0) is 22.7. The number of thiophene rings is 1. The molecule has 0 fully saturated rings. The van der Waals surface area contributed by atoms with Gasteiger partial charge in [-0.15, -0.1) is 11.3 Å². The molecule has 0 saturated carbocycles. The molecule has 166 valence electrons. The summed E-state index contributed by atoms with van der Waals surface area (Å²) < 4.78 is 10.3. The molecule has 0 unspecified atom stereocenters. The summed E-state index contributed by atoms with van der Waals surface area (Å²) in [4.78, 5) is 29.0. The maximum atomic E-state index is 13.0. The summed E-state index contributed by atoms with van der Waals surface area (Å²) in [6.45, 7) is 2.35. The lowest BCUT2D eigenvalue weighted by Crippen LogP contribution is -2.29. The van der Waals surface area contributed by atoms with Crippen molar-refractivity contribution in [2.75, 3.05) is 26.1 Å². The van der Waals surface area contributed by atoms with Crippen LogP contribution < -0.4 is 10.1 Å². The highest BCUT2D eigenvalue weighted by Crippen LogP contribution is 2.38. The van der Waals surface area contributed by atoms with Crippen molar-refractivity contribution in [3.05, 3.63) is 80.7 Å². The van der Waals surface area contributed by atoms with E-state index in [0.717, 1.165) is 23.5 Å². The van der Waals surface area contributed by atoms with Gasteiger partial charge in [-0.05, 0) is 35.7 Å². The number of fused-ring (bicyclic) bond motifs is 1. The van der Waals surface area contributed by atoms with E-state index < -0.39 is 11.9 Å². The molecule has 32 heavy (non-hydrogen) atoms. The number of rotatable bonds is 6. The zero-order valence-electron chi connectivity index (χ0n) is 17.8. The van der Waals surface area contributed by atoms with Crippen LogP contribution in [0.25, 0.3) is 0 Å². The number of halogens is 1. The first kappa shape index (κ1) is 22.3. The average molecular weight is 471 g/mol. The van der Waals surface area contributed by atoms with Gasteiger partial charge in [0.2, 0.25) is 0 Å². The monoisotopic (exact) mass is 470 g/mol. The van der Waals surface area contributed by atoms with Crippen LogP contribution in [0.3, 0.4) is 0 Å². The van der Waals surface area contributed by atoms with Crippen molar-refractivity contribution in [1.29, 1.82) is 0 Å². The third-order valence-electron chi connectivity index (χ3n) is 5.41. The maximum Gasteiger partial charge on any atom is 0.341 e. The summed E-state index contributed by atoms with van der Waals surface area (Å²) >= 11 is 7.49. The van der Waals surface area contributed by atoms with Gasteiger partial charge in [0.15, 0.2) is 0 Å². The quantitative estimate of drug-likeness (QED) is 0.513. The predicted molar refractivity (Wildman–Crippen MR) is 126 cm³/mol. The van der Waals surface area contributed by atoms with Crippen molar-refractivity contribution in [1.82, 2.24) is 4.90 Å². The first-order valence-corrected chi connectivity index (χ1v) is 11.3. The normalized spacial score (nSPS) is 13.3. The first-order chi connectivity index (χ1) is 15.5. The van der Waals surface area contributed by atoms with E-state index in [0.29, 0.717) is 39.9 Å². The maximum absolute atomic E-state index is 13.0. The molecule has 2 aromatic carbocycles. The number of methoxy groups -OCH3 is 2. The molecule has 0 bridgehead atoms. The lowest BCUT2D eigenvalue weighted by atomic mass is 10.0. The number of esters is 1. The van der Waals surface area contributed by atoms with Crippen LogP contribution in [0, 0.1) is 0 Å². The average Bonchev–Trinajstić information content (AvgIpc) is 3.16. The second-order valence-corrected chi connectivity index (χ2v) is 8.99. The SMILES string of the molecule is COC(=O)c1c(NC(=O)c2cc(Cl)ccc2OC)sc2c1CCN(Cc1ccccc1)C2. The molecule has 0 radical (unpaired) electrons. The van der Waals surface area contributed by atoms with Crippen LogP contribution in [0.15, 0.2) is 48.5 Å². The van der Waals surface area contributed by atoms with Crippen molar-refractivity contribution in [3.8, 4) is 5.75 Å². The standard InChI is InChI=1S/C24H23ClN2O4S/c1-30-19-9-8-16(25)12-18(19)22(28)26-23-21(24(29)31-2)17-10-11-27(14-20(17)32-23)13-15-6-4-3-5-7-15/h3-9,12H,10-11,13-14H2,1-2H3,(H,26,28). The van der Waals surface area contributed by atoms with Crippen LogP contribution in [-0.4, -0.2) is 37.5 Å². The summed E-state index contributed by atoms with van der Waals surface area (Å²) in [5, 5.41) is 3.79. The Morgan fingerprint density at radius 2 is 1.94 bits per heavy atom. The van der Waals surface area contributed by atoms with Crippen LogP contribution in [0.2, 0.25) is 5.02 Å². The molecule has 1 aliphatic heterocycles. The van der Waals surface area contributed by atoms with Gasteiger partial charge in [-0.3, -0.25) is 9.69 Å². The molecule has 2 heterocycles. The van der Waals surface area contributed by atoms with Crippen molar-refractivity contribution in [3.63, 3.8) is 0 Å². The summed E-state index contributed by atoms with van der Waals surface area (Å²) in [6.07, 6.45) is 0.708.